The summed E-state index contributed by atoms with van der Waals surface area (Å²) in [5, 5.41) is 2.72. The van der Waals surface area contributed by atoms with E-state index < -0.39 is 6.43 Å². The molecule has 0 saturated carbocycles. The summed E-state index contributed by atoms with van der Waals surface area (Å²) in [7, 11) is 0. The summed E-state index contributed by atoms with van der Waals surface area (Å²) in [6, 6.07) is 0. The van der Waals surface area contributed by atoms with Gasteiger partial charge in [-0.3, -0.25) is 4.90 Å². The normalized spacial score (nSPS) is 19.1. The quantitative estimate of drug-likeness (QED) is 0.646. The standard InChI is InChI=1S/C9H18F2N2O/c10-9(11)8-12-2-1-3-13-4-6-14-7-5-13/h9,12H,1-8H2. The second kappa shape index (κ2) is 7.09. The molecule has 0 aromatic rings. The van der Waals surface area contributed by atoms with Crippen LogP contribution < -0.4 is 5.32 Å². The lowest BCUT2D eigenvalue weighted by Crippen LogP contribution is -2.38. The molecular weight excluding hydrogens is 190 g/mol. The summed E-state index contributed by atoms with van der Waals surface area (Å²) in [5.41, 5.74) is 0. The van der Waals surface area contributed by atoms with Gasteiger partial charge in [0.05, 0.1) is 19.8 Å². The minimum Gasteiger partial charge on any atom is -0.379 e. The molecule has 14 heavy (non-hydrogen) atoms. The van der Waals surface area contributed by atoms with Crippen molar-refractivity contribution in [3.63, 3.8) is 0 Å². The van der Waals surface area contributed by atoms with E-state index in [9.17, 15) is 8.78 Å². The second-order valence-electron chi connectivity index (χ2n) is 3.40. The van der Waals surface area contributed by atoms with Crippen molar-refractivity contribution in [2.24, 2.45) is 0 Å². The smallest absolute Gasteiger partial charge is 0.250 e. The van der Waals surface area contributed by atoms with Crippen LogP contribution in [-0.4, -0.2) is 57.3 Å². The first-order chi connectivity index (χ1) is 6.79. The van der Waals surface area contributed by atoms with Crippen LogP contribution in [0.2, 0.25) is 0 Å². The zero-order chi connectivity index (χ0) is 10.2. The highest BCUT2D eigenvalue weighted by Crippen LogP contribution is 1.97. The lowest BCUT2D eigenvalue weighted by molar-refractivity contribution is 0.0373. The summed E-state index contributed by atoms with van der Waals surface area (Å²) < 4.78 is 28.7. The van der Waals surface area contributed by atoms with Crippen LogP contribution in [-0.2, 0) is 4.74 Å². The minimum absolute atomic E-state index is 0.191. The average molecular weight is 208 g/mol. The van der Waals surface area contributed by atoms with Crippen LogP contribution in [0.5, 0.6) is 0 Å². The molecule has 1 fully saturated rings. The van der Waals surface area contributed by atoms with Crippen LogP contribution in [0.4, 0.5) is 8.78 Å². The fourth-order valence-corrected chi connectivity index (χ4v) is 1.46. The van der Waals surface area contributed by atoms with Crippen molar-refractivity contribution >= 4 is 0 Å². The zero-order valence-electron chi connectivity index (χ0n) is 8.35. The van der Waals surface area contributed by atoms with Crippen LogP contribution in [0.3, 0.4) is 0 Å². The number of ether oxygens (including phenoxy) is 1. The van der Waals surface area contributed by atoms with Gasteiger partial charge < -0.3 is 10.1 Å². The summed E-state index contributed by atoms with van der Waals surface area (Å²) in [5.74, 6) is 0. The molecular formula is C9H18F2N2O. The fourth-order valence-electron chi connectivity index (χ4n) is 1.46. The summed E-state index contributed by atoms with van der Waals surface area (Å²) in [6.07, 6.45) is -1.31. The Labute approximate surface area is 83.4 Å². The molecule has 0 amide bonds. The Morgan fingerprint density at radius 2 is 2.00 bits per heavy atom. The number of halogens is 2. The van der Waals surface area contributed by atoms with E-state index in [2.05, 4.69) is 10.2 Å². The van der Waals surface area contributed by atoms with Gasteiger partial charge in [0, 0.05) is 13.1 Å². The van der Waals surface area contributed by atoms with E-state index in [-0.39, 0.29) is 6.54 Å². The lowest BCUT2D eigenvalue weighted by atomic mass is 10.3. The highest BCUT2D eigenvalue weighted by atomic mass is 19.3. The third-order valence-corrected chi connectivity index (χ3v) is 2.23. The molecule has 1 rings (SSSR count). The Balaban J connectivity index is 1.87. The Hall–Kier alpha value is -0.260. The molecule has 0 atom stereocenters. The number of morpholine rings is 1. The first-order valence-electron chi connectivity index (χ1n) is 5.08. The van der Waals surface area contributed by atoms with Crippen molar-refractivity contribution in [1.82, 2.24) is 10.2 Å². The third kappa shape index (κ3) is 5.47. The number of rotatable bonds is 6. The van der Waals surface area contributed by atoms with Gasteiger partial charge in [0.15, 0.2) is 0 Å². The van der Waals surface area contributed by atoms with Gasteiger partial charge in [-0.1, -0.05) is 0 Å². The maximum atomic E-state index is 11.7. The summed E-state index contributed by atoms with van der Waals surface area (Å²) >= 11 is 0. The fraction of sp³-hybridized carbons (Fsp3) is 1.00. The van der Waals surface area contributed by atoms with Gasteiger partial charge in [-0.05, 0) is 19.5 Å². The topological polar surface area (TPSA) is 24.5 Å². The highest BCUT2D eigenvalue weighted by Gasteiger charge is 2.09. The van der Waals surface area contributed by atoms with Crippen LogP contribution >= 0.6 is 0 Å². The first kappa shape index (κ1) is 11.8. The van der Waals surface area contributed by atoms with E-state index in [0.29, 0.717) is 6.54 Å². The van der Waals surface area contributed by atoms with Gasteiger partial charge in [-0.25, -0.2) is 8.78 Å². The predicted molar refractivity (Wildman–Crippen MR) is 50.7 cm³/mol. The van der Waals surface area contributed by atoms with Crippen molar-refractivity contribution in [2.45, 2.75) is 12.8 Å². The number of nitrogens with zero attached hydrogens (tertiary/aromatic N) is 1. The molecule has 1 heterocycles. The molecule has 0 spiro atoms. The Morgan fingerprint density at radius 3 is 2.64 bits per heavy atom. The van der Waals surface area contributed by atoms with E-state index in [1.807, 2.05) is 0 Å². The molecule has 1 aliphatic heterocycles. The molecule has 0 aromatic heterocycles. The number of nitrogens with one attached hydrogen (secondary N) is 1. The molecule has 0 aliphatic carbocycles. The number of alkyl halides is 2. The predicted octanol–water partition coefficient (Wildman–Crippen LogP) is 0.563. The minimum atomic E-state index is -2.24. The van der Waals surface area contributed by atoms with Crippen LogP contribution in [0, 0.1) is 0 Å². The molecule has 5 heteroatoms. The van der Waals surface area contributed by atoms with Crippen molar-refractivity contribution in [3.8, 4) is 0 Å². The maximum absolute atomic E-state index is 11.7. The van der Waals surface area contributed by atoms with E-state index in [4.69, 9.17) is 4.74 Å². The average Bonchev–Trinajstić information content (AvgIpc) is 2.18. The second-order valence-corrected chi connectivity index (χ2v) is 3.40. The van der Waals surface area contributed by atoms with E-state index in [0.717, 1.165) is 39.3 Å². The van der Waals surface area contributed by atoms with Gasteiger partial charge in [0.25, 0.3) is 6.43 Å². The van der Waals surface area contributed by atoms with Crippen LogP contribution in [0.1, 0.15) is 6.42 Å². The Kier molecular flexibility index (Phi) is 5.98. The zero-order valence-corrected chi connectivity index (χ0v) is 8.35. The van der Waals surface area contributed by atoms with Gasteiger partial charge in [0.2, 0.25) is 0 Å². The van der Waals surface area contributed by atoms with E-state index >= 15 is 0 Å². The molecule has 0 radical (unpaired) electrons. The number of hydrogen-bond donors (Lipinski definition) is 1. The van der Waals surface area contributed by atoms with Crippen molar-refractivity contribution in [1.29, 1.82) is 0 Å². The molecule has 3 nitrogen and oxygen atoms in total. The SMILES string of the molecule is FC(F)CNCCCN1CCOCC1. The molecule has 0 unspecified atom stereocenters. The van der Waals surface area contributed by atoms with Crippen molar-refractivity contribution in [2.75, 3.05) is 45.9 Å². The summed E-state index contributed by atoms with van der Waals surface area (Å²) in [4.78, 5) is 2.30. The third-order valence-electron chi connectivity index (χ3n) is 2.23. The van der Waals surface area contributed by atoms with Crippen LogP contribution in [0.25, 0.3) is 0 Å². The molecule has 1 N–H and O–H groups in total. The van der Waals surface area contributed by atoms with Gasteiger partial charge in [-0.2, -0.15) is 0 Å². The molecule has 1 saturated heterocycles. The van der Waals surface area contributed by atoms with Gasteiger partial charge >= 0.3 is 0 Å². The van der Waals surface area contributed by atoms with Crippen LogP contribution in [0.15, 0.2) is 0 Å². The maximum Gasteiger partial charge on any atom is 0.250 e. The van der Waals surface area contributed by atoms with Crippen molar-refractivity contribution < 1.29 is 13.5 Å². The molecule has 0 aromatic carbocycles. The van der Waals surface area contributed by atoms with E-state index in [1.165, 1.54) is 0 Å². The largest absolute Gasteiger partial charge is 0.379 e. The lowest BCUT2D eigenvalue weighted by Gasteiger charge is -2.26. The monoisotopic (exact) mass is 208 g/mol. The van der Waals surface area contributed by atoms with E-state index in [1.54, 1.807) is 0 Å². The Morgan fingerprint density at radius 1 is 1.29 bits per heavy atom. The van der Waals surface area contributed by atoms with Crippen molar-refractivity contribution in [3.05, 3.63) is 0 Å². The van der Waals surface area contributed by atoms with Gasteiger partial charge in [-0.15, -0.1) is 0 Å². The molecule has 84 valence electrons. The highest BCUT2D eigenvalue weighted by molar-refractivity contribution is 4.62. The summed E-state index contributed by atoms with van der Waals surface area (Å²) in [6.45, 7) is 4.98. The Bertz CT molecular complexity index is 141. The van der Waals surface area contributed by atoms with Gasteiger partial charge in [0.1, 0.15) is 0 Å². The molecule has 1 aliphatic rings. The first-order valence-corrected chi connectivity index (χ1v) is 5.08. The number of hydrogen-bond acceptors (Lipinski definition) is 3. The molecule has 0 bridgehead atoms.